The molecule has 2 atom stereocenters. The number of hydrogen-bond donors (Lipinski definition) is 0. The van der Waals surface area contributed by atoms with Gasteiger partial charge in [0, 0.05) is 4.70 Å². The second-order valence-corrected chi connectivity index (χ2v) is 9.79. The van der Waals surface area contributed by atoms with Gasteiger partial charge in [-0.2, -0.15) is 8.78 Å². The maximum Gasteiger partial charge on any atom is 0.353 e. The molecule has 0 bridgehead atoms. The van der Waals surface area contributed by atoms with E-state index in [1.165, 1.54) is 18.2 Å². The lowest BCUT2D eigenvalue weighted by Gasteiger charge is -2.18. The fourth-order valence-corrected chi connectivity index (χ4v) is 5.08. The van der Waals surface area contributed by atoms with E-state index in [0.717, 1.165) is 11.3 Å². The Bertz CT molecular complexity index is 1350. The van der Waals surface area contributed by atoms with E-state index in [1.54, 1.807) is 43.1 Å². The largest absolute Gasteiger partial charge is 0.471 e. The van der Waals surface area contributed by atoms with Crippen LogP contribution < -0.4 is 9.26 Å². The number of para-hydroxylation sites is 1. The molecular weight excluding hydrogens is 501 g/mol. The zero-order valence-electron chi connectivity index (χ0n) is 17.1. The van der Waals surface area contributed by atoms with Crippen molar-refractivity contribution in [1.29, 1.82) is 0 Å². The molecule has 0 fully saturated rings. The molecule has 0 N–H and O–H groups in total. The summed E-state index contributed by atoms with van der Waals surface area (Å²) in [6.45, 7) is 1.62. The number of rotatable bonds is 6. The average Bonchev–Trinajstić information content (AvgIpc) is 3.28. The van der Waals surface area contributed by atoms with E-state index in [0.29, 0.717) is 15.8 Å². The normalized spacial score (nSPS) is 13.0. The molecule has 0 aliphatic heterocycles. The number of alkyl halides is 1. The van der Waals surface area contributed by atoms with Crippen LogP contribution in [0.3, 0.4) is 0 Å². The van der Waals surface area contributed by atoms with Crippen LogP contribution in [0.2, 0.25) is 0 Å². The number of halogens is 6. The molecule has 0 radical (unpaired) electrons. The summed E-state index contributed by atoms with van der Waals surface area (Å²) in [6.07, 6.45) is 0. The van der Waals surface area contributed by atoms with Crippen LogP contribution in [0.5, 0.6) is 11.5 Å². The predicted octanol–water partition coefficient (Wildman–Crippen LogP) is 7.89. The first-order valence-corrected chi connectivity index (χ1v) is 12.1. The summed E-state index contributed by atoms with van der Waals surface area (Å²) >= 11 is 0.850. The number of benzene rings is 3. The Morgan fingerprint density at radius 1 is 0.882 bits per heavy atom. The molecule has 2 unspecified atom stereocenters. The van der Waals surface area contributed by atoms with Crippen LogP contribution in [0, 0.1) is 29.1 Å². The predicted molar refractivity (Wildman–Crippen MR) is 117 cm³/mol. The standard InChI is InChI=1S/C23H13F6O3PS/c1-33(32-13-5-3-2-4-6-13)22(29)11-7-8-14-12(9-11)10-15(34-14)23(30)31-21-19(27)17(25)16(24)18(26)20(21)28/h2-10,22H,1H3. The molecule has 11 heteroatoms. The van der Waals surface area contributed by atoms with Gasteiger partial charge in [-0.3, -0.25) is 0 Å². The molecule has 0 aliphatic carbocycles. The second-order valence-electron chi connectivity index (χ2n) is 6.98. The highest BCUT2D eigenvalue weighted by molar-refractivity contribution is 7.52. The van der Waals surface area contributed by atoms with Crippen LogP contribution in [0.15, 0.2) is 54.6 Å². The number of thiophene rings is 1. The lowest BCUT2D eigenvalue weighted by atomic mass is 10.2. The van der Waals surface area contributed by atoms with Crippen molar-refractivity contribution in [3.8, 4) is 11.5 Å². The van der Waals surface area contributed by atoms with Crippen molar-refractivity contribution in [2.45, 2.75) is 5.91 Å². The van der Waals surface area contributed by atoms with Crippen LogP contribution in [-0.2, 0) is 0 Å². The molecule has 1 aromatic heterocycles. The number of hydrogen-bond acceptors (Lipinski definition) is 4. The summed E-state index contributed by atoms with van der Waals surface area (Å²) in [4.78, 5) is 12.2. The van der Waals surface area contributed by atoms with Crippen LogP contribution in [-0.4, -0.2) is 12.6 Å². The summed E-state index contributed by atoms with van der Waals surface area (Å²) in [6, 6.07) is 14.5. The lowest BCUT2D eigenvalue weighted by molar-refractivity contribution is 0.0721. The van der Waals surface area contributed by atoms with Crippen LogP contribution >= 0.6 is 19.5 Å². The highest BCUT2D eigenvalue weighted by atomic mass is 32.1. The summed E-state index contributed by atoms with van der Waals surface area (Å²) in [5.74, 6) is -15.3. The van der Waals surface area contributed by atoms with E-state index < -0.39 is 54.9 Å². The van der Waals surface area contributed by atoms with Gasteiger partial charge in [0.1, 0.15) is 18.8 Å². The fourth-order valence-electron chi connectivity index (χ4n) is 3.03. The molecule has 176 valence electrons. The third-order valence-electron chi connectivity index (χ3n) is 4.69. The van der Waals surface area contributed by atoms with Gasteiger partial charge >= 0.3 is 5.97 Å². The van der Waals surface area contributed by atoms with Gasteiger partial charge in [-0.1, -0.05) is 24.3 Å². The van der Waals surface area contributed by atoms with Crippen LogP contribution in [0.4, 0.5) is 26.3 Å². The van der Waals surface area contributed by atoms with E-state index >= 15 is 4.39 Å². The smallest absolute Gasteiger partial charge is 0.353 e. The third-order valence-corrected chi connectivity index (χ3v) is 7.22. The minimum absolute atomic E-state index is 0.175. The SMILES string of the molecule is CP(Oc1ccccc1)C(F)c1ccc2sc(C(=O)Oc3c(F)c(F)c(F)c(F)c3F)cc2c1. The van der Waals surface area contributed by atoms with Crippen molar-refractivity contribution in [1.82, 2.24) is 0 Å². The van der Waals surface area contributed by atoms with Gasteiger partial charge in [-0.25, -0.2) is 22.4 Å². The van der Waals surface area contributed by atoms with Crippen molar-refractivity contribution in [2.24, 2.45) is 0 Å². The van der Waals surface area contributed by atoms with Gasteiger partial charge in [0.15, 0.2) is 5.91 Å². The monoisotopic (exact) mass is 514 g/mol. The molecule has 3 nitrogen and oxygen atoms in total. The summed E-state index contributed by atoms with van der Waals surface area (Å²) in [7, 11) is -1.55. The molecule has 0 saturated heterocycles. The zero-order chi connectivity index (χ0) is 24.6. The fraction of sp³-hybridized carbons (Fsp3) is 0.0870. The van der Waals surface area contributed by atoms with Gasteiger partial charge in [0.25, 0.3) is 0 Å². The first-order chi connectivity index (χ1) is 16.2. The van der Waals surface area contributed by atoms with Crippen LogP contribution in [0.1, 0.15) is 21.1 Å². The molecule has 1 heterocycles. The Balaban J connectivity index is 1.56. The van der Waals surface area contributed by atoms with E-state index in [-0.39, 0.29) is 10.4 Å². The average molecular weight is 514 g/mol. The molecule has 34 heavy (non-hydrogen) atoms. The van der Waals surface area contributed by atoms with E-state index in [9.17, 15) is 26.7 Å². The minimum Gasteiger partial charge on any atom is -0.471 e. The molecule has 4 aromatic rings. The number of fused-ring (bicyclic) bond motifs is 1. The summed E-state index contributed by atoms with van der Waals surface area (Å²) < 4.78 is 93.2. The molecule has 0 saturated carbocycles. The maximum atomic E-state index is 15.0. The first-order valence-electron chi connectivity index (χ1n) is 9.54. The topological polar surface area (TPSA) is 35.5 Å². The highest BCUT2D eigenvalue weighted by Crippen LogP contribution is 2.50. The van der Waals surface area contributed by atoms with Gasteiger partial charge in [-0.15, -0.1) is 11.3 Å². The van der Waals surface area contributed by atoms with Gasteiger partial charge in [-0.05, 0) is 47.9 Å². The Morgan fingerprint density at radius 2 is 1.50 bits per heavy atom. The number of esters is 1. The Kier molecular flexibility index (Phi) is 6.81. The molecular formula is C23H13F6O3PS. The Hall–Kier alpha value is -3.10. The summed E-state index contributed by atoms with van der Waals surface area (Å²) in [5.41, 5.74) is 0.287. The summed E-state index contributed by atoms with van der Waals surface area (Å²) in [5, 5.41) is 0.428. The molecule has 0 spiro atoms. The maximum absolute atomic E-state index is 15.0. The molecule has 4 rings (SSSR count). The van der Waals surface area contributed by atoms with Crippen LogP contribution in [0.25, 0.3) is 10.1 Å². The van der Waals surface area contributed by atoms with Crippen molar-refractivity contribution >= 4 is 35.5 Å². The quantitative estimate of drug-likeness (QED) is 0.0656. The second kappa shape index (κ2) is 9.64. The molecule has 0 amide bonds. The van der Waals surface area contributed by atoms with Gasteiger partial charge in [0.2, 0.25) is 34.8 Å². The van der Waals surface area contributed by atoms with E-state index in [2.05, 4.69) is 4.74 Å². The van der Waals surface area contributed by atoms with E-state index in [1.807, 2.05) is 0 Å². The Labute approximate surface area is 194 Å². The molecule has 0 aliphatic rings. The highest BCUT2D eigenvalue weighted by Gasteiger charge is 2.29. The van der Waals surface area contributed by atoms with Gasteiger partial charge < -0.3 is 9.26 Å². The van der Waals surface area contributed by atoms with Crippen molar-refractivity contribution in [2.75, 3.05) is 6.66 Å². The third kappa shape index (κ3) is 4.60. The van der Waals surface area contributed by atoms with Crippen molar-refractivity contribution in [3.63, 3.8) is 0 Å². The number of carbonyl (C=O) groups excluding carboxylic acids is 1. The Morgan fingerprint density at radius 3 is 2.15 bits per heavy atom. The van der Waals surface area contributed by atoms with Crippen molar-refractivity contribution < 1.29 is 40.4 Å². The van der Waals surface area contributed by atoms with Crippen molar-refractivity contribution in [3.05, 3.63) is 94.1 Å². The first kappa shape index (κ1) is 24.0. The number of carbonyl (C=O) groups is 1. The zero-order valence-corrected chi connectivity index (χ0v) is 18.8. The molecule has 3 aromatic carbocycles. The van der Waals surface area contributed by atoms with Gasteiger partial charge in [0.05, 0.1) is 0 Å². The lowest BCUT2D eigenvalue weighted by Crippen LogP contribution is -2.12. The van der Waals surface area contributed by atoms with E-state index in [4.69, 9.17) is 4.52 Å². The minimum atomic E-state index is -2.36. The number of ether oxygens (including phenoxy) is 1.